The van der Waals surface area contributed by atoms with Crippen molar-refractivity contribution >= 4 is 34.1 Å². The fourth-order valence-corrected chi connectivity index (χ4v) is 3.40. The molecule has 9 heteroatoms. The molecule has 164 valence electrons. The summed E-state index contributed by atoms with van der Waals surface area (Å²) in [5.74, 6) is -0.264. The van der Waals surface area contributed by atoms with E-state index in [2.05, 4.69) is 25.6 Å². The number of carbonyl (C=O) groups excluding carboxylic acids is 2. The van der Waals surface area contributed by atoms with E-state index >= 15 is 0 Å². The van der Waals surface area contributed by atoms with Gasteiger partial charge < -0.3 is 15.4 Å². The number of fused-ring (bicyclic) bond motifs is 1. The first kappa shape index (κ1) is 20.5. The molecule has 0 spiro atoms. The van der Waals surface area contributed by atoms with Crippen LogP contribution in [0.15, 0.2) is 73.3 Å². The molecule has 0 unspecified atom stereocenters. The Morgan fingerprint density at radius 1 is 0.879 bits per heavy atom. The summed E-state index contributed by atoms with van der Waals surface area (Å²) >= 11 is 0. The molecular formula is C24H18FN5O3. The molecule has 0 saturated heterocycles. The zero-order valence-electron chi connectivity index (χ0n) is 17.3. The number of amides is 2. The number of halogens is 1. The highest BCUT2D eigenvalue weighted by Crippen LogP contribution is 2.47. The van der Waals surface area contributed by atoms with E-state index < -0.39 is 17.1 Å². The summed E-state index contributed by atoms with van der Waals surface area (Å²) in [5, 5.41) is 6.21. The molecule has 0 atom stereocenters. The Morgan fingerprint density at radius 2 is 1.52 bits per heavy atom. The van der Waals surface area contributed by atoms with E-state index in [4.69, 9.17) is 4.74 Å². The van der Waals surface area contributed by atoms with Crippen LogP contribution in [-0.2, 0) is 9.59 Å². The van der Waals surface area contributed by atoms with Crippen LogP contribution in [0.2, 0.25) is 0 Å². The topological polar surface area (TPSA) is 106 Å². The molecule has 2 N–H and O–H groups in total. The van der Waals surface area contributed by atoms with Gasteiger partial charge in [-0.3, -0.25) is 14.6 Å². The lowest BCUT2D eigenvalue weighted by atomic mass is 10.0. The van der Waals surface area contributed by atoms with Crippen molar-refractivity contribution in [1.82, 2.24) is 15.0 Å². The van der Waals surface area contributed by atoms with E-state index in [1.165, 1.54) is 30.6 Å². The summed E-state index contributed by atoms with van der Waals surface area (Å²) in [6.07, 6.45) is 5.56. The second-order valence-electron chi connectivity index (χ2n) is 7.70. The molecule has 2 heterocycles. The highest BCUT2D eigenvalue weighted by Gasteiger charge is 2.56. The lowest BCUT2D eigenvalue weighted by Crippen LogP contribution is -2.35. The zero-order chi connectivity index (χ0) is 22.8. The van der Waals surface area contributed by atoms with Gasteiger partial charge in [0.2, 0.25) is 17.7 Å². The van der Waals surface area contributed by atoms with Gasteiger partial charge in [0.25, 0.3) is 0 Å². The maximum Gasteiger partial charge on any atom is 0.240 e. The standard InChI is InChI=1S/C24H18FN5O3/c25-15-1-3-16(4-2-15)29-22(31)24(10-11-24)23(32)30-17-5-7-18(8-6-17)33-21-19-9-12-26-13-20(19)27-14-28-21/h1-9,12-14H,10-11H2,(H,29,31)(H,30,32). The van der Waals surface area contributed by atoms with Crippen molar-refractivity contribution in [1.29, 1.82) is 0 Å². The van der Waals surface area contributed by atoms with Crippen LogP contribution < -0.4 is 15.4 Å². The molecule has 2 amide bonds. The molecule has 4 aromatic rings. The number of hydrogen-bond donors (Lipinski definition) is 2. The van der Waals surface area contributed by atoms with Crippen LogP contribution in [0.25, 0.3) is 10.9 Å². The monoisotopic (exact) mass is 443 g/mol. The van der Waals surface area contributed by atoms with Crippen molar-refractivity contribution in [2.75, 3.05) is 10.6 Å². The summed E-state index contributed by atoms with van der Waals surface area (Å²) in [7, 11) is 0. The highest BCUT2D eigenvalue weighted by molar-refractivity contribution is 6.16. The maximum atomic E-state index is 13.1. The molecular weight excluding hydrogens is 425 g/mol. The van der Waals surface area contributed by atoms with Crippen LogP contribution in [-0.4, -0.2) is 26.8 Å². The smallest absolute Gasteiger partial charge is 0.240 e. The predicted molar refractivity (Wildman–Crippen MR) is 119 cm³/mol. The largest absolute Gasteiger partial charge is 0.438 e. The number of nitrogens with zero attached hydrogens (tertiary/aromatic N) is 3. The minimum Gasteiger partial charge on any atom is -0.438 e. The van der Waals surface area contributed by atoms with Gasteiger partial charge >= 0.3 is 0 Å². The molecule has 0 radical (unpaired) electrons. The number of anilines is 2. The van der Waals surface area contributed by atoms with Crippen molar-refractivity contribution in [2.24, 2.45) is 5.41 Å². The summed E-state index contributed by atoms with van der Waals surface area (Å²) in [6, 6.07) is 13.9. The molecule has 1 aliphatic carbocycles. The minimum atomic E-state index is -1.13. The Balaban J connectivity index is 1.25. The number of nitrogens with one attached hydrogen (secondary N) is 2. The number of hydrogen-bond acceptors (Lipinski definition) is 6. The molecule has 0 aliphatic heterocycles. The first-order valence-electron chi connectivity index (χ1n) is 10.2. The van der Waals surface area contributed by atoms with Gasteiger partial charge in [-0.1, -0.05) is 0 Å². The summed E-state index contributed by atoms with van der Waals surface area (Å²) in [4.78, 5) is 37.9. The number of carbonyl (C=O) groups is 2. The van der Waals surface area contributed by atoms with Crippen LogP contribution in [0, 0.1) is 11.2 Å². The Bertz CT molecular complexity index is 1330. The van der Waals surface area contributed by atoms with Gasteiger partial charge in [0.1, 0.15) is 23.3 Å². The second kappa shape index (κ2) is 8.27. The SMILES string of the molecule is O=C(Nc1ccc(F)cc1)C1(C(=O)Nc2ccc(Oc3ncnc4cnccc34)cc2)CC1. The Kier molecular flexibility index (Phi) is 5.14. The first-order chi connectivity index (χ1) is 16.0. The van der Waals surface area contributed by atoms with E-state index in [0.717, 1.165) is 5.39 Å². The van der Waals surface area contributed by atoms with Crippen LogP contribution in [0.3, 0.4) is 0 Å². The molecule has 0 bridgehead atoms. The van der Waals surface area contributed by atoms with Crippen molar-refractivity contribution in [2.45, 2.75) is 12.8 Å². The molecule has 1 fully saturated rings. The lowest BCUT2D eigenvalue weighted by molar-refractivity contribution is -0.131. The van der Waals surface area contributed by atoms with Crippen molar-refractivity contribution in [3.8, 4) is 11.6 Å². The van der Waals surface area contributed by atoms with Gasteiger partial charge in [-0.15, -0.1) is 0 Å². The van der Waals surface area contributed by atoms with Crippen LogP contribution in [0.1, 0.15) is 12.8 Å². The lowest BCUT2D eigenvalue weighted by Gasteiger charge is -2.16. The van der Waals surface area contributed by atoms with Crippen LogP contribution in [0.4, 0.5) is 15.8 Å². The van der Waals surface area contributed by atoms with Gasteiger partial charge in [-0.05, 0) is 67.4 Å². The molecule has 33 heavy (non-hydrogen) atoms. The molecule has 1 aliphatic rings. The van der Waals surface area contributed by atoms with Crippen LogP contribution in [0.5, 0.6) is 11.6 Å². The molecule has 2 aromatic carbocycles. The van der Waals surface area contributed by atoms with E-state index in [9.17, 15) is 14.0 Å². The van der Waals surface area contributed by atoms with Gasteiger partial charge in [0, 0.05) is 17.6 Å². The molecule has 5 rings (SSSR count). The summed E-state index contributed by atoms with van der Waals surface area (Å²) in [5.41, 5.74) is 0.511. The number of aromatic nitrogens is 3. The zero-order valence-corrected chi connectivity index (χ0v) is 17.3. The normalized spacial score (nSPS) is 13.8. The van der Waals surface area contributed by atoms with E-state index in [1.807, 2.05) is 0 Å². The second-order valence-corrected chi connectivity index (χ2v) is 7.70. The molecule has 1 saturated carbocycles. The minimum absolute atomic E-state index is 0.384. The van der Waals surface area contributed by atoms with Crippen molar-refractivity contribution in [3.05, 3.63) is 79.1 Å². The third-order valence-electron chi connectivity index (χ3n) is 5.45. The fourth-order valence-electron chi connectivity index (χ4n) is 3.40. The van der Waals surface area contributed by atoms with Gasteiger partial charge in [0.05, 0.1) is 17.1 Å². The van der Waals surface area contributed by atoms with Crippen molar-refractivity contribution in [3.63, 3.8) is 0 Å². The Morgan fingerprint density at radius 3 is 2.15 bits per heavy atom. The van der Waals surface area contributed by atoms with Crippen LogP contribution >= 0.6 is 0 Å². The van der Waals surface area contributed by atoms with E-state index in [-0.39, 0.29) is 5.91 Å². The third-order valence-corrected chi connectivity index (χ3v) is 5.45. The first-order valence-corrected chi connectivity index (χ1v) is 10.2. The molecule has 2 aromatic heterocycles. The number of pyridine rings is 1. The van der Waals surface area contributed by atoms with Gasteiger partial charge in [0.15, 0.2) is 0 Å². The number of rotatable bonds is 6. The predicted octanol–water partition coefficient (Wildman–Crippen LogP) is 4.31. The summed E-state index contributed by atoms with van der Waals surface area (Å²) < 4.78 is 18.9. The fraction of sp³-hybridized carbons (Fsp3) is 0.125. The Hall–Kier alpha value is -4.40. The van der Waals surface area contributed by atoms with E-state index in [0.29, 0.717) is 41.4 Å². The third kappa shape index (κ3) is 4.20. The quantitative estimate of drug-likeness (QED) is 0.430. The van der Waals surface area contributed by atoms with E-state index in [1.54, 1.807) is 42.7 Å². The van der Waals surface area contributed by atoms with Crippen molar-refractivity contribution < 1.29 is 18.7 Å². The van der Waals surface area contributed by atoms with Gasteiger partial charge in [-0.2, -0.15) is 0 Å². The Labute approximate surface area is 187 Å². The highest BCUT2D eigenvalue weighted by atomic mass is 19.1. The summed E-state index contributed by atoms with van der Waals surface area (Å²) in [6.45, 7) is 0. The molecule has 8 nitrogen and oxygen atoms in total. The number of ether oxygens (including phenoxy) is 1. The number of benzene rings is 2. The average molecular weight is 443 g/mol. The maximum absolute atomic E-state index is 13.1. The van der Waals surface area contributed by atoms with Gasteiger partial charge in [-0.25, -0.2) is 14.4 Å². The average Bonchev–Trinajstić information content (AvgIpc) is 3.65.